The van der Waals surface area contributed by atoms with Gasteiger partial charge in [0.25, 0.3) is 5.91 Å². The molecule has 1 aromatic heterocycles. The summed E-state index contributed by atoms with van der Waals surface area (Å²) in [4.78, 5) is 26.4. The number of nitrogens with one attached hydrogen (secondary N) is 1. The van der Waals surface area contributed by atoms with Crippen molar-refractivity contribution in [3.63, 3.8) is 0 Å². The van der Waals surface area contributed by atoms with Crippen LogP contribution in [0, 0.1) is 12.3 Å². The third kappa shape index (κ3) is 4.28. The number of aliphatic hydroxyl groups excluding tert-OH is 1. The highest BCUT2D eigenvalue weighted by Crippen LogP contribution is 2.29. The maximum absolute atomic E-state index is 12.4. The Morgan fingerprint density at radius 1 is 1.43 bits per heavy atom. The zero-order valence-corrected chi connectivity index (χ0v) is 14.3. The molecule has 2 amide bonds. The molecule has 5 nitrogen and oxygen atoms in total. The molecule has 0 aliphatic rings. The van der Waals surface area contributed by atoms with Crippen molar-refractivity contribution < 1.29 is 14.7 Å². The predicted molar refractivity (Wildman–Crippen MR) is 85.8 cm³/mol. The number of carbonyl (C=O) groups is 2. The van der Waals surface area contributed by atoms with Crippen LogP contribution in [0.1, 0.15) is 42.9 Å². The number of hydrogen-bond donors (Lipinski definition) is 2. The summed E-state index contributed by atoms with van der Waals surface area (Å²) < 4.78 is 0. The smallest absolute Gasteiger partial charge is 0.264 e. The van der Waals surface area contributed by atoms with Crippen molar-refractivity contribution in [1.82, 2.24) is 4.90 Å². The summed E-state index contributed by atoms with van der Waals surface area (Å²) in [5.41, 5.74) is 0.343. The van der Waals surface area contributed by atoms with E-state index in [1.165, 1.54) is 16.2 Å². The van der Waals surface area contributed by atoms with Gasteiger partial charge >= 0.3 is 0 Å². The maximum Gasteiger partial charge on any atom is 0.264 e. The number of amides is 2. The highest BCUT2D eigenvalue weighted by atomic mass is 32.1. The molecule has 0 radical (unpaired) electrons. The van der Waals surface area contributed by atoms with Crippen LogP contribution in [0.2, 0.25) is 0 Å². The molecule has 21 heavy (non-hydrogen) atoms. The summed E-state index contributed by atoms with van der Waals surface area (Å²) in [6, 6.07) is 1.56. The molecule has 0 aliphatic heterocycles. The Labute approximate surface area is 130 Å². The number of rotatable bonds is 4. The van der Waals surface area contributed by atoms with E-state index < -0.39 is 5.41 Å². The number of carbonyl (C=O) groups excluding carboxylic acids is 2. The molecule has 0 aromatic carbocycles. The molecule has 0 aliphatic carbocycles. The van der Waals surface area contributed by atoms with Gasteiger partial charge in [-0.25, -0.2) is 0 Å². The third-order valence-corrected chi connectivity index (χ3v) is 4.42. The normalized spacial score (nSPS) is 12.9. The minimum atomic E-state index is -0.482. The molecule has 1 rings (SSSR count). The fourth-order valence-electron chi connectivity index (χ4n) is 1.54. The molecule has 1 unspecified atom stereocenters. The van der Waals surface area contributed by atoms with Gasteiger partial charge in [0.15, 0.2) is 0 Å². The standard InChI is InChI=1S/C15H24N2O3S/c1-9-7-11(16-14(20)15(3,4)5)21-12(9)13(19)17(6)10(2)8-18/h7,10,18H,8H2,1-6H3,(H,16,20). The maximum atomic E-state index is 12.4. The first-order valence-corrected chi connectivity index (χ1v) is 7.69. The molecular formula is C15H24N2O3S. The van der Waals surface area contributed by atoms with Gasteiger partial charge in [-0.2, -0.15) is 0 Å². The molecule has 0 bridgehead atoms. The fourth-order valence-corrected chi connectivity index (χ4v) is 2.59. The second-order valence-corrected chi connectivity index (χ2v) is 7.33. The van der Waals surface area contributed by atoms with Crippen LogP contribution < -0.4 is 5.32 Å². The van der Waals surface area contributed by atoms with Crippen molar-refractivity contribution in [2.75, 3.05) is 19.0 Å². The second kappa shape index (κ2) is 6.58. The molecule has 0 spiro atoms. The first kappa shape index (κ1) is 17.7. The van der Waals surface area contributed by atoms with Gasteiger partial charge in [-0.05, 0) is 25.5 Å². The number of anilines is 1. The molecule has 0 saturated carbocycles. The van der Waals surface area contributed by atoms with Gasteiger partial charge < -0.3 is 15.3 Å². The lowest BCUT2D eigenvalue weighted by atomic mass is 9.96. The lowest BCUT2D eigenvalue weighted by Crippen LogP contribution is -2.37. The van der Waals surface area contributed by atoms with Crippen molar-refractivity contribution in [1.29, 1.82) is 0 Å². The minimum absolute atomic E-state index is 0.0831. The lowest BCUT2D eigenvalue weighted by molar-refractivity contribution is -0.123. The van der Waals surface area contributed by atoms with Crippen LogP contribution in [0.3, 0.4) is 0 Å². The monoisotopic (exact) mass is 312 g/mol. The molecule has 1 atom stereocenters. The van der Waals surface area contributed by atoms with Crippen LogP contribution >= 0.6 is 11.3 Å². The van der Waals surface area contributed by atoms with Crippen LogP contribution in [-0.2, 0) is 4.79 Å². The molecule has 1 heterocycles. The van der Waals surface area contributed by atoms with Crippen molar-refractivity contribution in [3.8, 4) is 0 Å². The molecule has 0 fully saturated rings. The lowest BCUT2D eigenvalue weighted by Gasteiger charge is -2.22. The summed E-state index contributed by atoms with van der Waals surface area (Å²) in [6.07, 6.45) is 0. The van der Waals surface area contributed by atoms with Crippen LogP contribution in [0.25, 0.3) is 0 Å². The first-order valence-electron chi connectivity index (χ1n) is 6.87. The van der Waals surface area contributed by atoms with Crippen molar-refractivity contribution in [2.24, 2.45) is 5.41 Å². The Kier molecular flexibility index (Phi) is 5.53. The molecule has 6 heteroatoms. The van der Waals surface area contributed by atoms with Gasteiger partial charge in [0, 0.05) is 12.5 Å². The summed E-state index contributed by atoms with van der Waals surface area (Å²) in [7, 11) is 1.66. The predicted octanol–water partition coefficient (Wildman–Crippen LogP) is 2.49. The fraction of sp³-hybridized carbons (Fsp3) is 0.600. The van der Waals surface area contributed by atoms with Gasteiger partial charge in [-0.3, -0.25) is 9.59 Å². The molecule has 1 aromatic rings. The van der Waals surface area contributed by atoms with E-state index in [1.807, 2.05) is 27.7 Å². The van der Waals surface area contributed by atoms with E-state index in [9.17, 15) is 9.59 Å². The van der Waals surface area contributed by atoms with Crippen molar-refractivity contribution >= 4 is 28.2 Å². The van der Waals surface area contributed by atoms with Crippen molar-refractivity contribution in [3.05, 3.63) is 16.5 Å². The van der Waals surface area contributed by atoms with Crippen molar-refractivity contribution in [2.45, 2.75) is 40.7 Å². The number of likely N-dealkylation sites (N-methyl/N-ethyl adjacent to an activating group) is 1. The SMILES string of the molecule is Cc1cc(NC(=O)C(C)(C)C)sc1C(=O)N(C)C(C)CO. The zero-order chi connectivity index (χ0) is 16.4. The van der Waals surface area contributed by atoms with Crippen LogP contribution in [0.4, 0.5) is 5.00 Å². The quantitative estimate of drug-likeness (QED) is 0.897. The summed E-state index contributed by atoms with van der Waals surface area (Å²) >= 11 is 1.26. The van der Waals surface area contributed by atoms with Gasteiger partial charge in [-0.1, -0.05) is 20.8 Å². The summed E-state index contributed by atoms with van der Waals surface area (Å²) in [6.45, 7) is 9.06. The molecular weight excluding hydrogens is 288 g/mol. The Bertz CT molecular complexity index is 532. The van der Waals surface area contributed by atoms with E-state index in [0.29, 0.717) is 9.88 Å². The van der Waals surface area contributed by atoms with Crippen LogP contribution in [-0.4, -0.2) is 41.5 Å². The molecule has 0 saturated heterocycles. The van der Waals surface area contributed by atoms with E-state index in [1.54, 1.807) is 20.0 Å². The molecule has 118 valence electrons. The Morgan fingerprint density at radius 3 is 2.48 bits per heavy atom. The topological polar surface area (TPSA) is 69.6 Å². The Morgan fingerprint density at radius 2 is 2.00 bits per heavy atom. The number of thiophene rings is 1. The Hall–Kier alpha value is -1.40. The number of aliphatic hydroxyl groups is 1. The summed E-state index contributed by atoms with van der Waals surface area (Å²) in [5.74, 6) is -0.227. The van der Waals surface area contributed by atoms with E-state index in [0.717, 1.165) is 5.56 Å². The number of nitrogens with zero attached hydrogens (tertiary/aromatic N) is 1. The average Bonchev–Trinajstić information content (AvgIpc) is 2.75. The van der Waals surface area contributed by atoms with E-state index >= 15 is 0 Å². The van der Waals surface area contributed by atoms with Crippen LogP contribution in [0.5, 0.6) is 0 Å². The summed E-state index contributed by atoms with van der Waals surface area (Å²) in [5, 5.41) is 12.6. The van der Waals surface area contributed by atoms with Gasteiger partial charge in [0.05, 0.1) is 22.5 Å². The highest BCUT2D eigenvalue weighted by Gasteiger charge is 2.24. The van der Waals surface area contributed by atoms with E-state index in [-0.39, 0.29) is 24.5 Å². The first-order chi connectivity index (χ1) is 9.57. The van der Waals surface area contributed by atoms with Crippen LogP contribution in [0.15, 0.2) is 6.07 Å². The van der Waals surface area contributed by atoms with Gasteiger partial charge in [0.1, 0.15) is 0 Å². The average molecular weight is 312 g/mol. The third-order valence-electron chi connectivity index (χ3n) is 3.28. The number of hydrogen-bond acceptors (Lipinski definition) is 4. The van der Waals surface area contributed by atoms with Gasteiger partial charge in [0.2, 0.25) is 5.91 Å². The van der Waals surface area contributed by atoms with E-state index in [4.69, 9.17) is 5.11 Å². The van der Waals surface area contributed by atoms with Gasteiger partial charge in [-0.15, -0.1) is 11.3 Å². The van der Waals surface area contributed by atoms with E-state index in [2.05, 4.69) is 5.32 Å². The minimum Gasteiger partial charge on any atom is -0.394 e. The second-order valence-electron chi connectivity index (χ2n) is 6.27. The zero-order valence-electron chi connectivity index (χ0n) is 13.5. The molecule has 2 N–H and O–H groups in total. The highest BCUT2D eigenvalue weighted by molar-refractivity contribution is 7.18. The largest absolute Gasteiger partial charge is 0.394 e. The number of aryl methyl sites for hydroxylation is 1. The Balaban J connectivity index is 2.93.